The molecule has 0 fully saturated rings. The van der Waals surface area contributed by atoms with Gasteiger partial charge >= 0.3 is 0 Å². The molecule has 0 spiro atoms. The van der Waals surface area contributed by atoms with E-state index in [4.69, 9.17) is 4.42 Å². The molecule has 11 heteroatoms. The zero-order chi connectivity index (χ0) is 26.5. The average molecular weight is 547 g/mol. The molecule has 0 radical (unpaired) electrons. The third kappa shape index (κ3) is 5.26. The molecule has 0 aliphatic carbocycles. The molecular weight excluding hydrogens is 520 g/mol. The summed E-state index contributed by atoms with van der Waals surface area (Å²) >= 11 is 1.41. The lowest BCUT2D eigenvalue weighted by Crippen LogP contribution is -2.30. The summed E-state index contributed by atoms with van der Waals surface area (Å²) in [5.74, 6) is 1.84. The highest BCUT2D eigenvalue weighted by molar-refractivity contribution is 7.98. The van der Waals surface area contributed by atoms with E-state index >= 15 is 0 Å². The standard InChI is InChI=1S/C27H26N6O3S2/c1-3-32(4-2)38(34,35)23-17-11-14-21(18-23)25-29-31-27(33(25)22-15-9-6-10-16-22)37-19-24-28-30-26(36-24)20-12-7-5-8-13-20/h5-18H,3-4,19H2,1-2H3. The molecular formula is C27H26N6O3S2. The molecule has 0 N–H and O–H groups in total. The Morgan fingerprint density at radius 3 is 2.21 bits per heavy atom. The average Bonchev–Trinajstić information content (AvgIpc) is 3.61. The molecule has 0 atom stereocenters. The highest BCUT2D eigenvalue weighted by Gasteiger charge is 2.24. The van der Waals surface area contributed by atoms with E-state index in [0.29, 0.717) is 47.2 Å². The Kier molecular flexibility index (Phi) is 7.68. The molecule has 38 heavy (non-hydrogen) atoms. The predicted molar refractivity (Wildman–Crippen MR) is 146 cm³/mol. The molecule has 0 unspecified atom stereocenters. The number of rotatable bonds is 10. The van der Waals surface area contributed by atoms with Crippen LogP contribution < -0.4 is 0 Å². The number of aromatic nitrogens is 5. The number of benzene rings is 3. The molecule has 2 heterocycles. The van der Waals surface area contributed by atoms with Gasteiger partial charge in [0.15, 0.2) is 11.0 Å². The molecule has 5 rings (SSSR count). The van der Waals surface area contributed by atoms with Crippen LogP contribution in [0.1, 0.15) is 19.7 Å². The first-order chi connectivity index (χ1) is 18.5. The second-order valence-electron chi connectivity index (χ2n) is 8.25. The minimum Gasteiger partial charge on any atom is -0.420 e. The van der Waals surface area contributed by atoms with E-state index in [2.05, 4.69) is 20.4 Å². The summed E-state index contributed by atoms with van der Waals surface area (Å²) in [6, 6.07) is 26.1. The summed E-state index contributed by atoms with van der Waals surface area (Å²) in [7, 11) is -3.63. The van der Waals surface area contributed by atoms with Gasteiger partial charge in [0.05, 0.1) is 10.6 Å². The van der Waals surface area contributed by atoms with Crippen molar-refractivity contribution in [3.05, 3.63) is 90.8 Å². The first kappa shape index (κ1) is 25.8. The minimum absolute atomic E-state index is 0.217. The van der Waals surface area contributed by atoms with Crippen LogP contribution in [0.2, 0.25) is 0 Å². The van der Waals surface area contributed by atoms with E-state index in [9.17, 15) is 8.42 Å². The van der Waals surface area contributed by atoms with Gasteiger partial charge in [-0.05, 0) is 36.4 Å². The Morgan fingerprint density at radius 1 is 0.816 bits per heavy atom. The van der Waals surface area contributed by atoms with Gasteiger partial charge in [-0.3, -0.25) is 4.57 Å². The summed E-state index contributed by atoms with van der Waals surface area (Å²) in [5, 5.41) is 17.8. The third-order valence-electron chi connectivity index (χ3n) is 5.90. The highest BCUT2D eigenvalue weighted by Crippen LogP contribution is 2.31. The molecule has 9 nitrogen and oxygen atoms in total. The molecule has 0 bridgehead atoms. The van der Waals surface area contributed by atoms with Gasteiger partial charge in [0.2, 0.25) is 21.8 Å². The quantitative estimate of drug-likeness (QED) is 0.217. The molecule has 0 amide bonds. The first-order valence-corrected chi connectivity index (χ1v) is 14.6. The normalized spacial score (nSPS) is 11.8. The Hall–Kier alpha value is -3.80. The van der Waals surface area contributed by atoms with Crippen LogP contribution >= 0.6 is 11.8 Å². The van der Waals surface area contributed by atoms with E-state index in [-0.39, 0.29) is 4.90 Å². The fourth-order valence-electron chi connectivity index (χ4n) is 4.00. The third-order valence-corrected chi connectivity index (χ3v) is 8.86. The van der Waals surface area contributed by atoms with Crippen LogP contribution in [0.15, 0.2) is 99.4 Å². The molecule has 5 aromatic rings. The number of nitrogens with zero attached hydrogens (tertiary/aromatic N) is 6. The summed E-state index contributed by atoms with van der Waals surface area (Å²) in [6.07, 6.45) is 0. The first-order valence-electron chi connectivity index (χ1n) is 12.1. The summed E-state index contributed by atoms with van der Waals surface area (Å²) in [6.45, 7) is 4.44. The van der Waals surface area contributed by atoms with Crippen molar-refractivity contribution in [2.24, 2.45) is 0 Å². The number of para-hydroxylation sites is 1. The lowest BCUT2D eigenvalue weighted by molar-refractivity contribution is 0.445. The van der Waals surface area contributed by atoms with Crippen LogP contribution in [-0.4, -0.2) is 50.8 Å². The van der Waals surface area contributed by atoms with Crippen molar-refractivity contribution in [3.8, 4) is 28.5 Å². The van der Waals surface area contributed by atoms with Gasteiger partial charge in [-0.25, -0.2) is 8.42 Å². The van der Waals surface area contributed by atoms with Crippen LogP contribution in [0, 0.1) is 0 Å². The Morgan fingerprint density at radius 2 is 1.50 bits per heavy atom. The van der Waals surface area contributed by atoms with Crippen molar-refractivity contribution in [1.29, 1.82) is 0 Å². The van der Waals surface area contributed by atoms with Crippen LogP contribution in [0.25, 0.3) is 28.5 Å². The van der Waals surface area contributed by atoms with Crippen molar-refractivity contribution in [3.63, 3.8) is 0 Å². The topological polar surface area (TPSA) is 107 Å². The van der Waals surface area contributed by atoms with E-state index in [1.165, 1.54) is 16.1 Å². The zero-order valence-electron chi connectivity index (χ0n) is 20.9. The van der Waals surface area contributed by atoms with Gasteiger partial charge in [-0.1, -0.05) is 74.1 Å². The molecule has 0 saturated heterocycles. The molecule has 194 valence electrons. The van der Waals surface area contributed by atoms with E-state index in [1.54, 1.807) is 18.2 Å². The molecule has 0 saturated carbocycles. The fraction of sp³-hybridized carbons (Fsp3) is 0.185. The number of thioether (sulfide) groups is 1. The van der Waals surface area contributed by atoms with Crippen molar-refractivity contribution < 1.29 is 12.8 Å². The van der Waals surface area contributed by atoms with Gasteiger partial charge in [0.25, 0.3) is 0 Å². The maximum absolute atomic E-state index is 13.2. The van der Waals surface area contributed by atoms with E-state index < -0.39 is 10.0 Å². The van der Waals surface area contributed by atoms with Crippen molar-refractivity contribution in [2.45, 2.75) is 29.7 Å². The zero-order valence-corrected chi connectivity index (χ0v) is 22.6. The molecule has 2 aromatic heterocycles. The van der Waals surface area contributed by atoms with Gasteiger partial charge in [0, 0.05) is 29.9 Å². The second-order valence-corrected chi connectivity index (χ2v) is 11.1. The van der Waals surface area contributed by atoms with Gasteiger partial charge in [-0.15, -0.1) is 20.4 Å². The smallest absolute Gasteiger partial charge is 0.247 e. The maximum atomic E-state index is 13.2. The summed E-state index contributed by atoms with van der Waals surface area (Å²) in [4.78, 5) is 0.217. The fourth-order valence-corrected chi connectivity index (χ4v) is 6.30. The highest BCUT2D eigenvalue weighted by atomic mass is 32.2. The lowest BCUT2D eigenvalue weighted by Gasteiger charge is -2.18. The Bertz CT molecular complexity index is 1620. The largest absolute Gasteiger partial charge is 0.420 e. The summed E-state index contributed by atoms with van der Waals surface area (Å²) in [5.41, 5.74) is 2.35. The molecule has 3 aromatic carbocycles. The van der Waals surface area contributed by atoms with Crippen LogP contribution in [0.3, 0.4) is 0 Å². The predicted octanol–water partition coefficient (Wildman–Crippen LogP) is 5.31. The molecule has 0 aliphatic rings. The SMILES string of the molecule is CCN(CC)S(=O)(=O)c1cccc(-c2nnc(SCc3nnc(-c4ccccc4)o3)n2-c2ccccc2)c1. The Balaban J connectivity index is 1.48. The van der Waals surface area contributed by atoms with Gasteiger partial charge < -0.3 is 4.42 Å². The van der Waals surface area contributed by atoms with Crippen LogP contribution in [-0.2, 0) is 15.8 Å². The number of hydrogen-bond donors (Lipinski definition) is 0. The minimum atomic E-state index is -3.63. The molecule has 0 aliphatic heterocycles. The second kappa shape index (κ2) is 11.3. The van der Waals surface area contributed by atoms with Crippen molar-refractivity contribution >= 4 is 21.8 Å². The van der Waals surface area contributed by atoms with Crippen molar-refractivity contribution in [2.75, 3.05) is 13.1 Å². The van der Waals surface area contributed by atoms with E-state index in [1.807, 2.05) is 85.1 Å². The van der Waals surface area contributed by atoms with Crippen molar-refractivity contribution in [1.82, 2.24) is 29.3 Å². The van der Waals surface area contributed by atoms with Gasteiger partial charge in [0.1, 0.15) is 0 Å². The van der Waals surface area contributed by atoms with E-state index in [0.717, 1.165) is 11.3 Å². The monoisotopic (exact) mass is 546 g/mol. The van der Waals surface area contributed by atoms with Crippen LogP contribution in [0.5, 0.6) is 0 Å². The number of hydrogen-bond acceptors (Lipinski definition) is 8. The Labute approximate surface area is 225 Å². The summed E-state index contributed by atoms with van der Waals surface area (Å²) < 4.78 is 35.5. The van der Waals surface area contributed by atoms with Crippen LogP contribution in [0.4, 0.5) is 0 Å². The number of sulfonamides is 1. The lowest BCUT2D eigenvalue weighted by atomic mass is 10.2. The maximum Gasteiger partial charge on any atom is 0.247 e. The van der Waals surface area contributed by atoms with Gasteiger partial charge in [-0.2, -0.15) is 4.31 Å².